The lowest BCUT2D eigenvalue weighted by Crippen LogP contribution is -2.63. The number of imide groups is 1. The summed E-state index contributed by atoms with van der Waals surface area (Å²) in [5.74, 6) is -2.22. The van der Waals surface area contributed by atoms with Gasteiger partial charge in [-0.25, -0.2) is 4.90 Å². The van der Waals surface area contributed by atoms with E-state index in [9.17, 15) is 19.8 Å². The van der Waals surface area contributed by atoms with Crippen molar-refractivity contribution in [3.05, 3.63) is 101 Å². The number of carbonyl (C=O) groups is 2. The first-order valence-electron chi connectivity index (χ1n) is 10.5. The number of para-hydroxylation sites is 1. The fourth-order valence-electron chi connectivity index (χ4n) is 6.51. The molecular weight excluding hydrogens is 390 g/mol. The second-order valence-electron chi connectivity index (χ2n) is 8.65. The quantitative estimate of drug-likeness (QED) is 0.649. The summed E-state index contributed by atoms with van der Waals surface area (Å²) in [6, 6.07) is 24.1. The summed E-state index contributed by atoms with van der Waals surface area (Å²) in [6.45, 7) is -0.600. The van der Waals surface area contributed by atoms with Crippen LogP contribution in [0.3, 0.4) is 0 Å². The molecular formula is C26H21NO4. The minimum Gasteiger partial charge on any atom is -0.395 e. The zero-order valence-electron chi connectivity index (χ0n) is 16.7. The first-order chi connectivity index (χ1) is 15.1. The molecule has 2 atom stereocenters. The predicted molar refractivity (Wildman–Crippen MR) is 115 cm³/mol. The third-order valence-corrected chi connectivity index (χ3v) is 7.66. The first-order valence-corrected chi connectivity index (χ1v) is 10.5. The number of amides is 2. The molecule has 2 amide bonds. The highest BCUT2D eigenvalue weighted by Gasteiger charge is 2.73. The molecule has 31 heavy (non-hydrogen) atoms. The van der Waals surface area contributed by atoms with Gasteiger partial charge in [0, 0.05) is 0 Å². The topological polar surface area (TPSA) is 77.8 Å². The maximum absolute atomic E-state index is 13.9. The number of carbonyl (C=O) groups excluding carboxylic acids is 2. The van der Waals surface area contributed by atoms with Crippen molar-refractivity contribution in [1.82, 2.24) is 0 Å². The molecule has 5 nitrogen and oxygen atoms in total. The van der Waals surface area contributed by atoms with Gasteiger partial charge < -0.3 is 10.2 Å². The molecule has 0 radical (unpaired) electrons. The number of rotatable bonds is 3. The minimum absolute atomic E-state index is 0.300. The molecule has 2 N–H and O–H groups in total. The van der Waals surface area contributed by atoms with Crippen molar-refractivity contribution in [1.29, 1.82) is 0 Å². The van der Waals surface area contributed by atoms with Gasteiger partial charge in [0.15, 0.2) is 0 Å². The molecule has 7 rings (SSSR count). The summed E-state index contributed by atoms with van der Waals surface area (Å²) in [7, 11) is 0. The monoisotopic (exact) mass is 411 g/mol. The van der Waals surface area contributed by atoms with Gasteiger partial charge in [0.25, 0.3) is 0 Å². The lowest BCUT2D eigenvalue weighted by Gasteiger charge is -2.59. The maximum atomic E-state index is 13.9. The summed E-state index contributed by atoms with van der Waals surface area (Å²) in [4.78, 5) is 29.0. The van der Waals surface area contributed by atoms with E-state index in [2.05, 4.69) is 0 Å². The van der Waals surface area contributed by atoms with E-state index < -0.39 is 22.7 Å². The van der Waals surface area contributed by atoms with Gasteiger partial charge in [0.1, 0.15) is 0 Å². The molecule has 1 aliphatic heterocycles. The van der Waals surface area contributed by atoms with Gasteiger partial charge >= 0.3 is 0 Å². The molecule has 2 unspecified atom stereocenters. The van der Waals surface area contributed by atoms with Gasteiger partial charge in [-0.1, -0.05) is 66.7 Å². The Hall–Kier alpha value is -3.28. The average molecular weight is 411 g/mol. The molecule has 0 spiro atoms. The van der Waals surface area contributed by atoms with Crippen molar-refractivity contribution >= 4 is 17.5 Å². The van der Waals surface area contributed by atoms with E-state index in [1.807, 2.05) is 54.6 Å². The van der Waals surface area contributed by atoms with Crippen LogP contribution < -0.4 is 4.90 Å². The third kappa shape index (κ3) is 1.90. The van der Waals surface area contributed by atoms with Crippen LogP contribution in [0.4, 0.5) is 5.69 Å². The highest BCUT2D eigenvalue weighted by molar-refractivity contribution is 6.24. The van der Waals surface area contributed by atoms with Gasteiger partial charge in [0.2, 0.25) is 11.8 Å². The van der Waals surface area contributed by atoms with Crippen LogP contribution in [0.5, 0.6) is 0 Å². The van der Waals surface area contributed by atoms with E-state index >= 15 is 0 Å². The molecule has 4 aliphatic rings. The molecule has 0 aromatic heterocycles. The van der Waals surface area contributed by atoms with Crippen molar-refractivity contribution in [2.75, 3.05) is 18.1 Å². The van der Waals surface area contributed by atoms with Gasteiger partial charge in [-0.3, -0.25) is 9.59 Å². The second-order valence-corrected chi connectivity index (χ2v) is 8.65. The minimum atomic E-state index is -1.04. The van der Waals surface area contributed by atoms with Gasteiger partial charge in [0.05, 0.1) is 41.6 Å². The highest BCUT2D eigenvalue weighted by Crippen LogP contribution is 2.66. The normalized spacial score (nSPS) is 30.2. The largest absolute Gasteiger partial charge is 0.395 e. The molecule has 154 valence electrons. The van der Waals surface area contributed by atoms with Crippen molar-refractivity contribution in [2.45, 2.75) is 10.8 Å². The van der Waals surface area contributed by atoms with E-state index in [4.69, 9.17) is 0 Å². The summed E-state index contributed by atoms with van der Waals surface area (Å²) in [5.41, 5.74) is 1.73. The number of benzene rings is 3. The highest BCUT2D eigenvalue weighted by atomic mass is 16.3. The van der Waals surface area contributed by atoms with Gasteiger partial charge in [-0.05, 0) is 34.4 Å². The summed E-state index contributed by atoms with van der Waals surface area (Å²) in [5, 5.41) is 21.8. The van der Waals surface area contributed by atoms with Crippen LogP contribution in [0.25, 0.3) is 0 Å². The van der Waals surface area contributed by atoms with Crippen molar-refractivity contribution in [3.63, 3.8) is 0 Å². The van der Waals surface area contributed by atoms with E-state index in [1.165, 1.54) is 4.90 Å². The summed E-state index contributed by atoms with van der Waals surface area (Å²) < 4.78 is 0. The number of hydrogen-bond donors (Lipinski definition) is 2. The van der Waals surface area contributed by atoms with E-state index in [0.717, 1.165) is 22.3 Å². The maximum Gasteiger partial charge on any atom is 0.239 e. The van der Waals surface area contributed by atoms with Crippen molar-refractivity contribution in [3.8, 4) is 0 Å². The number of anilines is 1. The van der Waals surface area contributed by atoms with Crippen LogP contribution >= 0.6 is 0 Å². The van der Waals surface area contributed by atoms with Gasteiger partial charge in [-0.15, -0.1) is 0 Å². The summed E-state index contributed by atoms with van der Waals surface area (Å²) in [6.07, 6.45) is 0. The molecule has 3 aromatic rings. The Balaban J connectivity index is 1.73. The molecule has 1 heterocycles. The third-order valence-electron chi connectivity index (χ3n) is 7.66. The first kappa shape index (κ1) is 18.5. The Bertz CT molecular complexity index is 1110. The van der Waals surface area contributed by atoms with Crippen LogP contribution in [0.1, 0.15) is 22.3 Å². The Labute approximate surface area is 179 Å². The second kappa shape index (κ2) is 6.13. The molecule has 3 aliphatic carbocycles. The molecule has 5 heteroatoms. The zero-order chi connectivity index (χ0) is 21.4. The standard InChI is InChI=1S/C26H21NO4/c28-14-25-17-10-4-5-11-18(17)26(15-29,20-13-7-6-12-19(20)25)22-21(25)23(30)27(24(22)31)16-8-2-1-3-9-16/h1-13,21-22,28-29H,14-15H2. The van der Waals surface area contributed by atoms with E-state index in [0.29, 0.717) is 5.69 Å². The predicted octanol–water partition coefficient (Wildman–Crippen LogP) is 2.38. The SMILES string of the molecule is O=C1C2C(C(=O)N1c1ccccc1)C1(CO)c3ccccc3C2(CO)c2ccccc21. The van der Waals surface area contributed by atoms with Crippen molar-refractivity contribution < 1.29 is 19.8 Å². The van der Waals surface area contributed by atoms with Crippen molar-refractivity contribution in [2.24, 2.45) is 11.8 Å². The van der Waals surface area contributed by atoms with E-state index in [-0.39, 0.29) is 25.0 Å². The Morgan fingerprint density at radius 1 is 0.613 bits per heavy atom. The Morgan fingerprint density at radius 3 is 1.32 bits per heavy atom. The summed E-state index contributed by atoms with van der Waals surface area (Å²) >= 11 is 0. The van der Waals surface area contributed by atoms with E-state index in [1.54, 1.807) is 24.3 Å². The van der Waals surface area contributed by atoms with Crippen LogP contribution in [0.15, 0.2) is 78.9 Å². The number of nitrogens with zero attached hydrogens (tertiary/aromatic N) is 1. The zero-order valence-corrected chi connectivity index (χ0v) is 16.7. The molecule has 3 aromatic carbocycles. The molecule has 1 saturated heterocycles. The van der Waals surface area contributed by atoms with Crippen LogP contribution in [0, 0.1) is 11.8 Å². The average Bonchev–Trinajstić information content (AvgIpc) is 3.11. The smallest absolute Gasteiger partial charge is 0.239 e. The molecule has 0 saturated carbocycles. The number of hydrogen-bond acceptors (Lipinski definition) is 4. The molecule has 1 fully saturated rings. The van der Waals surface area contributed by atoms with Crippen LogP contribution in [-0.4, -0.2) is 35.2 Å². The van der Waals surface area contributed by atoms with Crippen LogP contribution in [-0.2, 0) is 20.4 Å². The Morgan fingerprint density at radius 2 is 0.968 bits per heavy atom. The number of aliphatic hydroxyl groups is 2. The molecule has 2 bridgehead atoms. The number of aliphatic hydroxyl groups excluding tert-OH is 2. The van der Waals surface area contributed by atoms with Crippen LogP contribution in [0.2, 0.25) is 0 Å². The Kier molecular flexibility index (Phi) is 3.65. The fourth-order valence-corrected chi connectivity index (χ4v) is 6.51. The fraction of sp³-hybridized carbons (Fsp3) is 0.231. The lowest BCUT2D eigenvalue weighted by atomic mass is 9.42. The lowest BCUT2D eigenvalue weighted by molar-refractivity contribution is -0.127. The van der Waals surface area contributed by atoms with Gasteiger partial charge in [-0.2, -0.15) is 0 Å².